The summed E-state index contributed by atoms with van der Waals surface area (Å²) in [6, 6.07) is -0.0909. The highest BCUT2D eigenvalue weighted by Gasteiger charge is 2.32. The van der Waals surface area contributed by atoms with Gasteiger partial charge in [0.25, 0.3) is 0 Å². The van der Waals surface area contributed by atoms with Crippen LogP contribution in [0.25, 0.3) is 0 Å². The highest BCUT2D eigenvalue weighted by molar-refractivity contribution is 5.85. The van der Waals surface area contributed by atoms with Crippen molar-refractivity contribution in [3.63, 3.8) is 0 Å². The van der Waals surface area contributed by atoms with Crippen molar-refractivity contribution in [1.29, 1.82) is 0 Å². The number of rotatable bonds is 6. The van der Waals surface area contributed by atoms with E-state index in [2.05, 4.69) is 10.2 Å². The fraction of sp³-hybridized carbons (Fsp3) is 0.882. The van der Waals surface area contributed by atoms with E-state index in [1.807, 2.05) is 18.9 Å². The molecule has 0 spiro atoms. The van der Waals surface area contributed by atoms with Gasteiger partial charge in [0.2, 0.25) is 11.8 Å². The van der Waals surface area contributed by atoms with Crippen molar-refractivity contribution < 1.29 is 9.59 Å². The minimum absolute atomic E-state index is 0. The van der Waals surface area contributed by atoms with E-state index < -0.39 is 0 Å². The van der Waals surface area contributed by atoms with Crippen molar-refractivity contribution in [2.75, 3.05) is 39.8 Å². The lowest BCUT2D eigenvalue weighted by molar-refractivity contribution is -0.140. The molecule has 140 valence electrons. The van der Waals surface area contributed by atoms with Gasteiger partial charge < -0.3 is 16.0 Å². The van der Waals surface area contributed by atoms with E-state index in [4.69, 9.17) is 5.73 Å². The number of hydrogen-bond acceptors (Lipinski definition) is 4. The van der Waals surface area contributed by atoms with Gasteiger partial charge in [-0.15, -0.1) is 12.4 Å². The van der Waals surface area contributed by atoms with E-state index in [1.54, 1.807) is 0 Å². The first kappa shape index (κ1) is 21.2. The number of piperidine rings is 2. The van der Waals surface area contributed by atoms with Crippen LogP contribution in [0, 0.1) is 11.8 Å². The zero-order chi connectivity index (χ0) is 16.8. The van der Waals surface area contributed by atoms with Crippen molar-refractivity contribution in [1.82, 2.24) is 15.1 Å². The molecule has 0 aromatic heterocycles. The molecule has 24 heavy (non-hydrogen) atoms. The molecule has 2 unspecified atom stereocenters. The molecular formula is C17H33ClN4O2. The fourth-order valence-corrected chi connectivity index (χ4v) is 3.81. The normalized spacial score (nSPS) is 24.2. The molecule has 2 aliphatic rings. The summed E-state index contributed by atoms with van der Waals surface area (Å²) >= 11 is 0. The Bertz CT molecular complexity index is 413. The van der Waals surface area contributed by atoms with E-state index in [-0.39, 0.29) is 36.2 Å². The SMILES string of the molecule is CNCCC1CCN(C(C)C(=O)N2CCCC(C(N)=O)C2)CC1.Cl. The molecule has 3 N–H and O–H groups in total. The quantitative estimate of drug-likeness (QED) is 0.735. The Balaban J connectivity index is 0.00000288. The van der Waals surface area contributed by atoms with Crippen LogP contribution in [-0.4, -0.2) is 67.4 Å². The Morgan fingerprint density at radius 1 is 1.21 bits per heavy atom. The van der Waals surface area contributed by atoms with Gasteiger partial charge in [0.1, 0.15) is 0 Å². The Hall–Kier alpha value is -0.850. The lowest BCUT2D eigenvalue weighted by Crippen LogP contribution is -2.53. The number of nitrogens with zero attached hydrogens (tertiary/aromatic N) is 2. The number of hydrogen-bond donors (Lipinski definition) is 2. The van der Waals surface area contributed by atoms with Crippen LogP contribution in [0.5, 0.6) is 0 Å². The Labute approximate surface area is 151 Å². The van der Waals surface area contributed by atoms with E-state index in [9.17, 15) is 9.59 Å². The summed E-state index contributed by atoms with van der Waals surface area (Å²) in [4.78, 5) is 28.3. The van der Waals surface area contributed by atoms with Gasteiger partial charge in [-0.3, -0.25) is 14.5 Å². The Morgan fingerprint density at radius 2 is 1.88 bits per heavy atom. The summed E-state index contributed by atoms with van der Waals surface area (Å²) in [5, 5.41) is 3.21. The minimum Gasteiger partial charge on any atom is -0.369 e. The maximum atomic E-state index is 12.7. The zero-order valence-electron chi connectivity index (χ0n) is 15.0. The molecule has 0 radical (unpaired) electrons. The highest BCUT2D eigenvalue weighted by atomic mass is 35.5. The van der Waals surface area contributed by atoms with Gasteiger partial charge in [0.05, 0.1) is 12.0 Å². The minimum atomic E-state index is -0.277. The molecule has 0 bridgehead atoms. The summed E-state index contributed by atoms with van der Waals surface area (Å²) in [6.07, 6.45) is 5.24. The smallest absolute Gasteiger partial charge is 0.239 e. The van der Waals surface area contributed by atoms with Gasteiger partial charge >= 0.3 is 0 Å². The Kier molecular flexibility index (Phi) is 9.02. The standard InChI is InChI=1S/C17H32N4O2.ClH/c1-13(20-10-6-14(7-11-20)5-8-19-2)17(23)21-9-3-4-15(12-21)16(18)22;/h13-15,19H,3-12H2,1-2H3,(H2,18,22);1H. The number of carbonyl (C=O) groups excluding carboxylic acids is 2. The van der Waals surface area contributed by atoms with Crippen LogP contribution in [0.4, 0.5) is 0 Å². The van der Waals surface area contributed by atoms with Crippen LogP contribution >= 0.6 is 12.4 Å². The third kappa shape index (κ3) is 5.60. The van der Waals surface area contributed by atoms with Gasteiger partial charge in [0.15, 0.2) is 0 Å². The number of nitrogens with two attached hydrogens (primary N) is 1. The Morgan fingerprint density at radius 3 is 2.46 bits per heavy atom. The van der Waals surface area contributed by atoms with Crippen molar-refractivity contribution >= 4 is 24.2 Å². The molecule has 0 aromatic carbocycles. The monoisotopic (exact) mass is 360 g/mol. The van der Waals surface area contributed by atoms with Gasteiger partial charge in [-0.25, -0.2) is 0 Å². The van der Waals surface area contributed by atoms with E-state index in [1.165, 1.54) is 19.3 Å². The summed E-state index contributed by atoms with van der Waals surface area (Å²) in [5.41, 5.74) is 5.41. The molecular weight excluding hydrogens is 328 g/mol. The summed E-state index contributed by atoms with van der Waals surface area (Å²) < 4.78 is 0. The number of halogens is 1. The second-order valence-electron chi connectivity index (χ2n) is 7.07. The van der Waals surface area contributed by atoms with Crippen molar-refractivity contribution in [3.8, 4) is 0 Å². The summed E-state index contributed by atoms with van der Waals surface area (Å²) in [5.74, 6) is 0.479. The average molecular weight is 361 g/mol. The van der Waals surface area contributed by atoms with Crippen LogP contribution < -0.4 is 11.1 Å². The molecule has 2 amide bonds. The second-order valence-corrected chi connectivity index (χ2v) is 7.07. The van der Waals surface area contributed by atoms with Gasteiger partial charge in [0, 0.05) is 13.1 Å². The fourth-order valence-electron chi connectivity index (χ4n) is 3.81. The molecule has 2 aliphatic heterocycles. The van der Waals surface area contributed by atoms with Crippen LogP contribution in [0.2, 0.25) is 0 Å². The van der Waals surface area contributed by atoms with Crippen LogP contribution in [0.15, 0.2) is 0 Å². The molecule has 7 heteroatoms. The molecule has 2 saturated heterocycles. The van der Waals surface area contributed by atoms with Gasteiger partial charge in [-0.1, -0.05) is 0 Å². The number of nitrogens with one attached hydrogen (secondary N) is 1. The number of carbonyl (C=O) groups is 2. The largest absolute Gasteiger partial charge is 0.369 e. The average Bonchev–Trinajstić information content (AvgIpc) is 2.59. The van der Waals surface area contributed by atoms with E-state index >= 15 is 0 Å². The van der Waals surface area contributed by atoms with Crippen molar-refractivity contribution in [2.45, 2.75) is 45.1 Å². The number of primary amides is 1. The third-order valence-corrected chi connectivity index (χ3v) is 5.49. The topological polar surface area (TPSA) is 78.7 Å². The second kappa shape index (κ2) is 10.2. The number of likely N-dealkylation sites (tertiary alicyclic amines) is 2. The summed E-state index contributed by atoms with van der Waals surface area (Å²) in [7, 11) is 1.99. The molecule has 2 atom stereocenters. The molecule has 2 fully saturated rings. The molecule has 0 saturated carbocycles. The van der Waals surface area contributed by atoms with E-state index in [0.717, 1.165) is 44.9 Å². The summed E-state index contributed by atoms with van der Waals surface area (Å²) in [6.45, 7) is 6.32. The first-order chi connectivity index (χ1) is 11.0. The molecule has 0 aromatic rings. The molecule has 2 heterocycles. The predicted molar refractivity (Wildman–Crippen MR) is 98.0 cm³/mol. The third-order valence-electron chi connectivity index (χ3n) is 5.49. The van der Waals surface area contributed by atoms with Crippen LogP contribution in [0.3, 0.4) is 0 Å². The number of amides is 2. The van der Waals surface area contributed by atoms with Crippen molar-refractivity contribution in [3.05, 3.63) is 0 Å². The maximum Gasteiger partial charge on any atom is 0.239 e. The maximum absolute atomic E-state index is 12.7. The van der Waals surface area contributed by atoms with E-state index in [0.29, 0.717) is 6.54 Å². The van der Waals surface area contributed by atoms with Crippen molar-refractivity contribution in [2.24, 2.45) is 17.6 Å². The van der Waals surface area contributed by atoms with Gasteiger partial charge in [-0.2, -0.15) is 0 Å². The van der Waals surface area contributed by atoms with Gasteiger partial charge in [-0.05, 0) is 71.6 Å². The highest BCUT2D eigenvalue weighted by Crippen LogP contribution is 2.23. The molecule has 6 nitrogen and oxygen atoms in total. The molecule has 2 rings (SSSR count). The first-order valence-electron chi connectivity index (χ1n) is 8.99. The first-order valence-corrected chi connectivity index (χ1v) is 8.99. The lowest BCUT2D eigenvalue weighted by Gasteiger charge is -2.39. The lowest BCUT2D eigenvalue weighted by atomic mass is 9.92. The molecule has 0 aliphatic carbocycles. The van der Waals surface area contributed by atoms with Crippen LogP contribution in [0.1, 0.15) is 39.0 Å². The zero-order valence-corrected chi connectivity index (χ0v) is 15.8. The van der Waals surface area contributed by atoms with Crippen LogP contribution in [-0.2, 0) is 9.59 Å². The predicted octanol–water partition coefficient (Wildman–Crippen LogP) is 0.842.